The fourth-order valence-corrected chi connectivity index (χ4v) is 1.97. The smallest absolute Gasteiger partial charge is 0.241 e. The zero-order valence-corrected chi connectivity index (χ0v) is 9.24. The van der Waals surface area contributed by atoms with Gasteiger partial charge in [-0.15, -0.1) is 0 Å². The molecule has 1 heterocycles. The van der Waals surface area contributed by atoms with Gasteiger partial charge in [0.15, 0.2) is 0 Å². The number of hydrogen-bond donors (Lipinski definition) is 1. The molecule has 15 heavy (non-hydrogen) atoms. The van der Waals surface area contributed by atoms with E-state index in [-0.39, 0.29) is 18.0 Å². The van der Waals surface area contributed by atoms with Crippen molar-refractivity contribution in [1.29, 1.82) is 0 Å². The predicted molar refractivity (Wildman–Crippen MR) is 59.6 cm³/mol. The molecule has 0 aliphatic carbocycles. The molecule has 1 aliphatic rings. The van der Waals surface area contributed by atoms with Gasteiger partial charge in [0.2, 0.25) is 5.91 Å². The van der Waals surface area contributed by atoms with E-state index in [4.69, 9.17) is 17.3 Å². The molecule has 1 saturated heterocycles. The normalized spacial score (nSPS) is 22.5. The number of nitrogens with zero attached hydrogens (tertiary/aromatic N) is 1. The first-order valence-corrected chi connectivity index (χ1v) is 5.29. The maximum atomic E-state index is 11.4. The number of amides is 1. The molecule has 3 nitrogen and oxygen atoms in total. The van der Waals surface area contributed by atoms with Gasteiger partial charge in [-0.05, 0) is 24.6 Å². The highest BCUT2D eigenvalue weighted by atomic mass is 35.5. The molecule has 0 aromatic heterocycles. The Morgan fingerprint density at radius 1 is 1.60 bits per heavy atom. The summed E-state index contributed by atoms with van der Waals surface area (Å²) >= 11 is 5.89. The highest BCUT2D eigenvalue weighted by Crippen LogP contribution is 2.27. The second kappa shape index (κ2) is 3.83. The Morgan fingerprint density at radius 3 is 2.87 bits per heavy atom. The van der Waals surface area contributed by atoms with E-state index < -0.39 is 0 Å². The van der Waals surface area contributed by atoms with Crippen LogP contribution in [-0.2, 0) is 4.79 Å². The van der Waals surface area contributed by atoms with Crippen molar-refractivity contribution < 1.29 is 4.79 Å². The Kier molecular flexibility index (Phi) is 2.67. The maximum absolute atomic E-state index is 11.4. The summed E-state index contributed by atoms with van der Waals surface area (Å²) in [6.45, 7) is 2.61. The number of rotatable bonds is 2. The van der Waals surface area contributed by atoms with Crippen LogP contribution in [0.5, 0.6) is 0 Å². The van der Waals surface area contributed by atoms with Crippen LogP contribution < -0.4 is 5.73 Å². The molecule has 2 N–H and O–H groups in total. The Balaban J connectivity index is 2.15. The number of nitrogens with two attached hydrogens (primary N) is 1. The lowest BCUT2D eigenvalue weighted by molar-refractivity contribution is -0.145. The molecule has 1 aliphatic heterocycles. The summed E-state index contributed by atoms with van der Waals surface area (Å²) in [5.74, 6) is 0.0162. The fraction of sp³-hybridized carbons (Fsp3) is 0.364. The number of carbonyl (C=O) groups is 1. The molecule has 4 heteroatoms. The van der Waals surface area contributed by atoms with Crippen molar-refractivity contribution in [3.8, 4) is 0 Å². The molecule has 1 amide bonds. The molecule has 1 fully saturated rings. The maximum Gasteiger partial charge on any atom is 0.241 e. The van der Waals surface area contributed by atoms with Crippen LogP contribution in [0.3, 0.4) is 0 Å². The number of hydrogen-bond acceptors (Lipinski definition) is 2. The first kappa shape index (κ1) is 10.5. The largest absolute Gasteiger partial charge is 0.332 e. The summed E-state index contributed by atoms with van der Waals surface area (Å²) in [6.07, 6.45) is 0. The van der Waals surface area contributed by atoms with E-state index in [1.807, 2.05) is 31.2 Å². The summed E-state index contributed by atoms with van der Waals surface area (Å²) in [5.41, 5.74) is 6.59. The van der Waals surface area contributed by atoms with Crippen LogP contribution in [0.1, 0.15) is 18.5 Å². The molecule has 2 atom stereocenters. The van der Waals surface area contributed by atoms with Gasteiger partial charge in [0.25, 0.3) is 0 Å². The molecule has 80 valence electrons. The SMILES string of the molecule is CC(c1cccc(Cl)c1)N1CC(N)C1=O. The summed E-state index contributed by atoms with van der Waals surface area (Å²) in [5, 5.41) is 0.691. The standard InChI is InChI=1S/C11H13ClN2O/c1-7(14-6-10(13)11(14)15)8-3-2-4-9(12)5-8/h2-5,7,10H,6,13H2,1H3. The highest BCUT2D eigenvalue weighted by molar-refractivity contribution is 6.30. The molecule has 0 bridgehead atoms. The minimum absolute atomic E-state index is 0.0162. The molecule has 1 aromatic carbocycles. The van der Waals surface area contributed by atoms with Gasteiger partial charge < -0.3 is 10.6 Å². The van der Waals surface area contributed by atoms with E-state index in [0.717, 1.165) is 5.56 Å². The average Bonchev–Trinajstić information content (AvgIpc) is 2.24. The molecular formula is C11H13ClN2O. The molecule has 2 unspecified atom stereocenters. The van der Waals surface area contributed by atoms with Crippen molar-refractivity contribution in [1.82, 2.24) is 4.90 Å². The van der Waals surface area contributed by atoms with Gasteiger partial charge in [-0.2, -0.15) is 0 Å². The number of benzene rings is 1. The third-order valence-electron chi connectivity index (χ3n) is 2.79. The van der Waals surface area contributed by atoms with Crippen molar-refractivity contribution in [2.45, 2.75) is 19.0 Å². The number of carbonyl (C=O) groups excluding carboxylic acids is 1. The Morgan fingerprint density at radius 2 is 2.33 bits per heavy atom. The summed E-state index contributed by atoms with van der Waals surface area (Å²) in [6, 6.07) is 7.29. The molecule has 0 saturated carbocycles. The first-order chi connectivity index (χ1) is 7.09. The Labute approximate surface area is 93.8 Å². The third kappa shape index (κ3) is 1.85. The van der Waals surface area contributed by atoms with E-state index in [2.05, 4.69) is 0 Å². The van der Waals surface area contributed by atoms with Gasteiger partial charge in [-0.3, -0.25) is 4.79 Å². The van der Waals surface area contributed by atoms with Crippen molar-refractivity contribution in [3.63, 3.8) is 0 Å². The molecule has 0 radical (unpaired) electrons. The van der Waals surface area contributed by atoms with Gasteiger partial charge in [0, 0.05) is 11.6 Å². The zero-order valence-electron chi connectivity index (χ0n) is 8.48. The fourth-order valence-electron chi connectivity index (χ4n) is 1.78. The highest BCUT2D eigenvalue weighted by Gasteiger charge is 2.36. The van der Waals surface area contributed by atoms with E-state index in [0.29, 0.717) is 11.6 Å². The first-order valence-electron chi connectivity index (χ1n) is 4.91. The van der Waals surface area contributed by atoms with Crippen LogP contribution >= 0.6 is 11.6 Å². The quantitative estimate of drug-likeness (QED) is 0.776. The van der Waals surface area contributed by atoms with Crippen LogP contribution in [0, 0.1) is 0 Å². The average molecular weight is 225 g/mol. The summed E-state index contributed by atoms with van der Waals surface area (Å²) < 4.78 is 0. The van der Waals surface area contributed by atoms with Crippen molar-refractivity contribution in [3.05, 3.63) is 34.9 Å². The lowest BCUT2D eigenvalue weighted by Crippen LogP contribution is -2.61. The third-order valence-corrected chi connectivity index (χ3v) is 3.03. The number of halogens is 1. The van der Waals surface area contributed by atoms with E-state index in [1.54, 1.807) is 4.90 Å². The van der Waals surface area contributed by atoms with E-state index in [1.165, 1.54) is 0 Å². The van der Waals surface area contributed by atoms with E-state index in [9.17, 15) is 4.79 Å². The number of likely N-dealkylation sites (tertiary alicyclic amines) is 1. The van der Waals surface area contributed by atoms with Crippen LogP contribution in [-0.4, -0.2) is 23.4 Å². The molecular weight excluding hydrogens is 212 g/mol. The minimum Gasteiger partial charge on any atom is -0.332 e. The lowest BCUT2D eigenvalue weighted by atomic mass is 10.0. The molecule has 2 rings (SSSR count). The second-order valence-corrected chi connectivity index (χ2v) is 4.26. The van der Waals surface area contributed by atoms with Gasteiger partial charge in [0.05, 0.1) is 6.04 Å². The molecule has 1 aromatic rings. The topological polar surface area (TPSA) is 46.3 Å². The van der Waals surface area contributed by atoms with Gasteiger partial charge in [-0.25, -0.2) is 0 Å². The van der Waals surface area contributed by atoms with Gasteiger partial charge in [-0.1, -0.05) is 23.7 Å². The van der Waals surface area contributed by atoms with Gasteiger partial charge in [0.1, 0.15) is 6.04 Å². The van der Waals surface area contributed by atoms with Crippen LogP contribution in [0.15, 0.2) is 24.3 Å². The lowest BCUT2D eigenvalue weighted by Gasteiger charge is -2.40. The van der Waals surface area contributed by atoms with Crippen LogP contribution in [0.4, 0.5) is 0 Å². The zero-order chi connectivity index (χ0) is 11.0. The minimum atomic E-state index is -0.313. The van der Waals surface area contributed by atoms with Crippen molar-refractivity contribution in [2.24, 2.45) is 5.73 Å². The summed E-state index contributed by atoms with van der Waals surface area (Å²) in [7, 11) is 0. The van der Waals surface area contributed by atoms with Crippen molar-refractivity contribution >= 4 is 17.5 Å². The Hall–Kier alpha value is -1.06. The summed E-state index contributed by atoms with van der Waals surface area (Å²) in [4.78, 5) is 13.2. The monoisotopic (exact) mass is 224 g/mol. The van der Waals surface area contributed by atoms with Crippen LogP contribution in [0.2, 0.25) is 5.02 Å². The van der Waals surface area contributed by atoms with Crippen LogP contribution in [0.25, 0.3) is 0 Å². The van der Waals surface area contributed by atoms with Gasteiger partial charge >= 0.3 is 0 Å². The predicted octanol–water partition coefficient (Wildman–Crippen LogP) is 1.57. The molecule has 0 spiro atoms. The second-order valence-electron chi connectivity index (χ2n) is 3.83. The number of β-lactam (4-membered cyclic amide) rings is 1. The van der Waals surface area contributed by atoms with Crippen molar-refractivity contribution in [2.75, 3.05) is 6.54 Å². The Bertz CT molecular complexity index is 394. The van der Waals surface area contributed by atoms with E-state index >= 15 is 0 Å².